The number of hydrogen-bond donors (Lipinski definition) is 1. The van der Waals surface area contributed by atoms with Crippen molar-refractivity contribution < 1.29 is 48.6 Å². The number of ether oxygens (including phenoxy) is 2. The number of hydrogen-bond acceptors (Lipinski definition) is 10. The van der Waals surface area contributed by atoms with Gasteiger partial charge in [-0.15, -0.1) is 24.6 Å². The maximum Gasteiger partial charge on any atom is 1.00 e. The molecule has 3 rings (SSSR count). The van der Waals surface area contributed by atoms with Crippen LogP contribution in [0.3, 0.4) is 0 Å². The van der Waals surface area contributed by atoms with Gasteiger partial charge in [-0.05, 0) is 34.7 Å². The van der Waals surface area contributed by atoms with Gasteiger partial charge in [0, 0.05) is 38.6 Å². The summed E-state index contributed by atoms with van der Waals surface area (Å²) in [6.45, 7) is 0. The molecular formula is C27H24Cl6IN3NaO4S3-. The van der Waals surface area contributed by atoms with E-state index in [1.165, 1.54) is 32.2 Å². The van der Waals surface area contributed by atoms with Crippen LogP contribution in [-0.2, 0) is 31.7 Å². The molecule has 0 unspecified atom stereocenters. The number of terminal acetylenes is 2. The van der Waals surface area contributed by atoms with Crippen LogP contribution in [-0.4, -0.2) is 52.6 Å². The molecule has 0 spiro atoms. The fourth-order valence-corrected chi connectivity index (χ4v) is 4.72. The standard InChI is InChI=1S/C9H9Cl2NO2S.C5H2Cl2IN.C5H3Cl2NS.C4H8O2S.C2H2.C2H.Na/c1-14-7(13)3-5-15-6-2-4-12-9(11)8(6)10;6-4-3(8)1-2-9-5(4)7;6-4-3(9)1-2-8-5(4)7;1-6-4(5)2-3-7;2*1-2;/h2,4H,3,5H2,1H3;1-2H;1-2H,(H,8,9);7H,2-3H2,1H3;1-2H;1H;/q;;;;;-1;+1/p-1. The molecule has 0 aliphatic carbocycles. The monoisotopic (exact) mass is 910 g/mol. The van der Waals surface area contributed by atoms with E-state index >= 15 is 0 Å². The zero-order chi connectivity index (χ0) is 34.7. The summed E-state index contributed by atoms with van der Waals surface area (Å²) in [5, 5.41) is 2.22. The van der Waals surface area contributed by atoms with Crippen molar-refractivity contribution in [2.75, 3.05) is 25.7 Å². The van der Waals surface area contributed by atoms with Gasteiger partial charge in [-0.2, -0.15) is 17.5 Å². The summed E-state index contributed by atoms with van der Waals surface area (Å²) < 4.78 is 9.75. The van der Waals surface area contributed by atoms with Crippen molar-refractivity contribution in [1.29, 1.82) is 0 Å². The molecule has 0 amide bonds. The number of rotatable bonds is 6. The summed E-state index contributed by atoms with van der Waals surface area (Å²) in [5.74, 6) is 0.730. The topological polar surface area (TPSA) is 91.3 Å². The van der Waals surface area contributed by atoms with Crippen molar-refractivity contribution in [2.24, 2.45) is 0 Å². The molecule has 0 aliphatic heterocycles. The third kappa shape index (κ3) is 25.6. The van der Waals surface area contributed by atoms with Gasteiger partial charge in [0.2, 0.25) is 0 Å². The summed E-state index contributed by atoms with van der Waals surface area (Å²) >= 11 is 46.1. The van der Waals surface area contributed by atoms with Crippen molar-refractivity contribution in [2.45, 2.75) is 22.6 Å². The molecule has 3 aromatic rings. The van der Waals surface area contributed by atoms with Crippen molar-refractivity contribution in [1.82, 2.24) is 15.0 Å². The van der Waals surface area contributed by atoms with E-state index in [1.54, 1.807) is 30.6 Å². The maximum atomic E-state index is 10.8. The summed E-state index contributed by atoms with van der Waals surface area (Å²) in [7, 11) is 2.73. The van der Waals surface area contributed by atoms with E-state index in [0.717, 1.165) is 8.47 Å². The van der Waals surface area contributed by atoms with E-state index in [-0.39, 0.29) is 51.8 Å². The number of carbonyl (C=O) groups excluding carboxylic acids is 2. The van der Waals surface area contributed by atoms with E-state index in [4.69, 9.17) is 88.7 Å². The minimum atomic E-state index is -0.237. The Morgan fingerprint density at radius 3 is 1.64 bits per heavy atom. The molecular weight excluding hydrogens is 889 g/mol. The van der Waals surface area contributed by atoms with Crippen LogP contribution in [0.1, 0.15) is 12.8 Å². The Labute approximate surface area is 345 Å². The summed E-state index contributed by atoms with van der Waals surface area (Å²) in [4.78, 5) is 33.6. The van der Waals surface area contributed by atoms with E-state index in [9.17, 15) is 9.59 Å². The summed E-state index contributed by atoms with van der Waals surface area (Å²) in [6.07, 6.45) is 22.5. The van der Waals surface area contributed by atoms with Crippen LogP contribution in [0.4, 0.5) is 0 Å². The molecule has 3 aromatic heterocycles. The molecule has 7 nitrogen and oxygen atoms in total. The number of nitrogens with zero attached hydrogens (tertiary/aromatic N) is 3. The van der Waals surface area contributed by atoms with Crippen LogP contribution in [0.15, 0.2) is 46.6 Å². The maximum absolute atomic E-state index is 10.8. The van der Waals surface area contributed by atoms with Crippen LogP contribution in [0.25, 0.3) is 0 Å². The average molecular weight is 913 g/mol. The Morgan fingerprint density at radius 2 is 1.27 bits per heavy atom. The van der Waals surface area contributed by atoms with Gasteiger partial charge in [0.1, 0.15) is 15.5 Å². The van der Waals surface area contributed by atoms with Gasteiger partial charge in [-0.3, -0.25) is 9.59 Å². The Morgan fingerprint density at radius 1 is 0.844 bits per heavy atom. The molecule has 3 heterocycles. The number of esters is 2. The molecule has 0 aromatic carbocycles. The number of thioether (sulfide) groups is 1. The molecule has 0 fully saturated rings. The molecule has 240 valence electrons. The first-order valence-electron chi connectivity index (χ1n) is 11.1. The second-order valence-electron chi connectivity index (χ2n) is 6.45. The van der Waals surface area contributed by atoms with E-state index in [0.29, 0.717) is 49.5 Å². The van der Waals surface area contributed by atoms with Crippen molar-refractivity contribution in [3.8, 4) is 19.3 Å². The van der Waals surface area contributed by atoms with Gasteiger partial charge < -0.3 is 34.9 Å². The predicted molar refractivity (Wildman–Crippen MR) is 197 cm³/mol. The average Bonchev–Trinajstić information content (AvgIpc) is 3.03. The SMILES string of the molecule is C#C.COC(=O)CCS.COC(=O)CCSc1ccnc(Cl)c1Cl.Clc1nccc(I)c1Cl.[C-]#C.[Na+].[S-]c1ccnc(Cl)c1Cl. The second kappa shape index (κ2) is 33.8. The van der Waals surface area contributed by atoms with Gasteiger partial charge in [-0.1, -0.05) is 75.7 Å². The number of pyridine rings is 3. The van der Waals surface area contributed by atoms with Crippen LogP contribution in [0, 0.1) is 29.3 Å². The Bertz CT molecular complexity index is 1240. The van der Waals surface area contributed by atoms with Crippen LogP contribution in [0.2, 0.25) is 30.5 Å². The number of aromatic nitrogens is 3. The molecule has 0 saturated heterocycles. The fraction of sp³-hybridized carbons (Fsp3) is 0.222. The van der Waals surface area contributed by atoms with Gasteiger partial charge in [-0.25, -0.2) is 15.0 Å². The Kier molecular flexibility index (Phi) is 38.8. The third-order valence-electron chi connectivity index (χ3n) is 3.76. The Hall–Kier alpha value is -0.1000. The molecule has 0 N–H and O–H groups in total. The summed E-state index contributed by atoms with van der Waals surface area (Å²) in [6, 6.07) is 5.19. The van der Waals surface area contributed by atoms with Gasteiger partial charge in [0.15, 0.2) is 0 Å². The number of methoxy groups -OCH3 is 2. The van der Waals surface area contributed by atoms with Gasteiger partial charge in [0.25, 0.3) is 0 Å². The molecule has 0 atom stereocenters. The molecule has 18 heteroatoms. The fourth-order valence-electron chi connectivity index (χ4n) is 1.85. The minimum absolute atomic E-state index is 0. The van der Waals surface area contributed by atoms with Crippen molar-refractivity contribution >= 4 is 141 Å². The van der Waals surface area contributed by atoms with Crippen molar-refractivity contribution in [3.63, 3.8) is 0 Å². The third-order valence-corrected chi connectivity index (χ3v) is 9.12. The quantitative estimate of drug-likeness (QED) is 0.0354. The molecule has 0 aliphatic rings. The number of halogens is 7. The van der Waals surface area contributed by atoms with Gasteiger partial charge >= 0.3 is 41.5 Å². The number of carbonyl (C=O) groups is 2. The van der Waals surface area contributed by atoms with E-state index < -0.39 is 0 Å². The molecule has 0 radical (unpaired) electrons. The first-order valence-corrected chi connectivity index (χ1v) is 16.5. The first kappa shape index (κ1) is 51.7. The normalized spacial score (nSPS) is 8.58. The summed E-state index contributed by atoms with van der Waals surface area (Å²) in [5.41, 5.74) is 0. The van der Waals surface area contributed by atoms with Crippen LogP contribution >= 0.6 is 117 Å². The van der Waals surface area contributed by atoms with Crippen LogP contribution < -0.4 is 29.6 Å². The zero-order valence-corrected chi connectivity index (χ0v) is 35.1. The van der Waals surface area contributed by atoms with E-state index in [1.807, 2.05) is 0 Å². The second-order valence-corrected chi connectivity index (χ2v) is 11.8. The first-order chi connectivity index (χ1) is 20.9. The molecule has 0 bridgehead atoms. The largest absolute Gasteiger partial charge is 1.00 e. The zero-order valence-electron chi connectivity index (χ0n) is 23.9. The molecule has 0 saturated carbocycles. The smallest absolute Gasteiger partial charge is 0.778 e. The van der Waals surface area contributed by atoms with Crippen LogP contribution in [0.5, 0.6) is 0 Å². The van der Waals surface area contributed by atoms with Crippen molar-refractivity contribution in [3.05, 3.63) is 77.3 Å². The minimum Gasteiger partial charge on any atom is -0.778 e. The number of thiol groups is 1. The predicted octanol–water partition coefficient (Wildman–Crippen LogP) is 6.27. The molecule has 45 heavy (non-hydrogen) atoms. The van der Waals surface area contributed by atoms with E-state index in [2.05, 4.69) is 78.9 Å². The van der Waals surface area contributed by atoms with Gasteiger partial charge in [0.05, 0.1) is 42.1 Å². The Balaban J connectivity index is -0.000000247.